The van der Waals surface area contributed by atoms with Crippen LogP contribution >= 0.6 is 7.82 Å². The van der Waals surface area contributed by atoms with Crippen LogP contribution in [0.25, 0.3) is 0 Å². The van der Waals surface area contributed by atoms with Gasteiger partial charge in [-0.1, -0.05) is 257 Å². The van der Waals surface area contributed by atoms with Gasteiger partial charge in [-0.2, -0.15) is 0 Å². The van der Waals surface area contributed by atoms with Gasteiger partial charge in [0.05, 0.1) is 39.9 Å². The van der Waals surface area contributed by atoms with Crippen LogP contribution in [-0.4, -0.2) is 68.5 Å². The molecule has 0 aliphatic rings. The van der Waals surface area contributed by atoms with Crippen molar-refractivity contribution >= 4 is 13.7 Å². The van der Waals surface area contributed by atoms with E-state index in [1.54, 1.807) is 0 Å². The fourth-order valence-corrected chi connectivity index (χ4v) is 9.47. The monoisotopic (exact) mass is 941 g/mol. The van der Waals surface area contributed by atoms with Crippen LogP contribution < -0.4 is 10.2 Å². The molecule has 3 unspecified atom stereocenters. The molecule has 0 saturated heterocycles. The molecule has 0 heterocycles. The highest BCUT2D eigenvalue weighted by Gasteiger charge is 2.24. The summed E-state index contributed by atoms with van der Waals surface area (Å²) in [6.07, 6.45) is 58.1. The zero-order valence-electron chi connectivity index (χ0n) is 44.2. The van der Waals surface area contributed by atoms with Crippen LogP contribution in [0.2, 0.25) is 0 Å². The molecule has 0 aromatic heterocycles. The number of aliphatic hydroxyl groups is 1. The first-order valence-corrected chi connectivity index (χ1v) is 30.0. The van der Waals surface area contributed by atoms with E-state index in [-0.39, 0.29) is 19.1 Å². The SMILES string of the molecule is CCCCCCCCCCC/C=C\CCCCCCCC(=O)NC(COP(=O)([O-])OCC[N+](C)(C)C)C(O)CCCCCCCCCCCCCCCCCCCCCCCCCCC. The Labute approximate surface area is 405 Å². The van der Waals surface area contributed by atoms with Gasteiger partial charge in [0.1, 0.15) is 13.2 Å². The summed E-state index contributed by atoms with van der Waals surface area (Å²) in [7, 11) is 1.31. The molecule has 0 aromatic rings. The summed E-state index contributed by atoms with van der Waals surface area (Å²) >= 11 is 0. The molecule has 0 bridgehead atoms. The van der Waals surface area contributed by atoms with Gasteiger partial charge in [-0.3, -0.25) is 9.36 Å². The fourth-order valence-electron chi connectivity index (χ4n) is 8.74. The second-order valence-corrected chi connectivity index (χ2v) is 22.4. The Balaban J connectivity index is 4.15. The summed E-state index contributed by atoms with van der Waals surface area (Å²) in [6.45, 7) is 4.76. The molecule has 0 rings (SSSR count). The molecule has 8 nitrogen and oxygen atoms in total. The number of carbonyl (C=O) groups is 1. The summed E-state index contributed by atoms with van der Waals surface area (Å²) in [5.74, 6) is -0.168. The zero-order chi connectivity index (χ0) is 47.8. The minimum atomic E-state index is -4.57. The molecule has 0 aliphatic heterocycles. The van der Waals surface area contributed by atoms with Gasteiger partial charge >= 0.3 is 0 Å². The van der Waals surface area contributed by atoms with E-state index >= 15 is 0 Å². The number of nitrogens with one attached hydrogen (secondary N) is 1. The molecular weight excluding hydrogens is 828 g/mol. The molecule has 0 spiro atoms. The number of aliphatic hydroxyl groups excluding tert-OH is 1. The lowest BCUT2D eigenvalue weighted by atomic mass is 10.0. The Kier molecular flexibility index (Phi) is 47.7. The molecule has 2 N–H and O–H groups in total. The van der Waals surface area contributed by atoms with E-state index in [0.29, 0.717) is 23.9 Å². The van der Waals surface area contributed by atoms with Crippen molar-refractivity contribution in [2.45, 2.75) is 302 Å². The number of allylic oxidation sites excluding steroid dienone is 2. The van der Waals surface area contributed by atoms with E-state index in [2.05, 4.69) is 31.3 Å². The zero-order valence-corrected chi connectivity index (χ0v) is 45.1. The van der Waals surface area contributed by atoms with Crippen LogP contribution in [-0.2, 0) is 18.4 Å². The third-order valence-corrected chi connectivity index (χ3v) is 14.2. The highest BCUT2D eigenvalue weighted by molar-refractivity contribution is 7.45. The maximum Gasteiger partial charge on any atom is 0.268 e. The topological polar surface area (TPSA) is 108 Å². The van der Waals surface area contributed by atoms with Crippen molar-refractivity contribution < 1.29 is 32.9 Å². The average Bonchev–Trinajstić information content (AvgIpc) is 3.26. The maximum atomic E-state index is 13.0. The third-order valence-electron chi connectivity index (χ3n) is 13.3. The van der Waals surface area contributed by atoms with Crippen molar-refractivity contribution in [3.63, 3.8) is 0 Å². The minimum absolute atomic E-state index is 0.0130. The van der Waals surface area contributed by atoms with Gasteiger partial charge in [0.25, 0.3) is 7.82 Å². The lowest BCUT2D eigenvalue weighted by Gasteiger charge is -2.30. The van der Waals surface area contributed by atoms with Gasteiger partial charge in [-0.05, 0) is 38.5 Å². The number of hydrogen-bond acceptors (Lipinski definition) is 6. The number of nitrogens with zero attached hydrogens (tertiary/aromatic N) is 1. The molecule has 0 radical (unpaired) electrons. The molecule has 388 valence electrons. The molecule has 0 aromatic carbocycles. The Bertz CT molecular complexity index is 1070. The first kappa shape index (κ1) is 64.2. The first-order chi connectivity index (χ1) is 31.5. The predicted octanol–water partition coefficient (Wildman–Crippen LogP) is 16.4. The van der Waals surface area contributed by atoms with E-state index in [1.807, 2.05) is 21.1 Å². The quantitative estimate of drug-likeness (QED) is 0.0272. The number of likely N-dealkylation sites (N-methyl/N-ethyl adjacent to an activating group) is 1. The highest BCUT2D eigenvalue weighted by Crippen LogP contribution is 2.38. The molecule has 65 heavy (non-hydrogen) atoms. The van der Waals surface area contributed by atoms with Crippen LogP contribution in [0, 0.1) is 0 Å². The molecule has 3 atom stereocenters. The molecule has 0 aliphatic carbocycles. The summed E-state index contributed by atoms with van der Waals surface area (Å²) in [5, 5.41) is 14.0. The van der Waals surface area contributed by atoms with E-state index < -0.39 is 20.0 Å². The number of phosphoric acid groups is 1. The number of unbranched alkanes of at least 4 members (excludes halogenated alkanes) is 38. The van der Waals surface area contributed by atoms with Crippen molar-refractivity contribution in [3.05, 3.63) is 12.2 Å². The van der Waals surface area contributed by atoms with Crippen LogP contribution in [0.1, 0.15) is 290 Å². The second kappa shape index (κ2) is 48.3. The van der Waals surface area contributed by atoms with Gasteiger partial charge < -0.3 is 28.8 Å². The smallest absolute Gasteiger partial charge is 0.268 e. The molecule has 0 fully saturated rings. The van der Waals surface area contributed by atoms with Crippen LogP contribution in [0.3, 0.4) is 0 Å². The minimum Gasteiger partial charge on any atom is -0.756 e. The number of hydrogen-bond donors (Lipinski definition) is 2. The normalized spacial score (nSPS) is 14.0. The standard InChI is InChI=1S/C56H113N2O6P/c1-6-8-10-12-14-16-18-20-22-24-26-27-28-29-30-31-32-33-35-37-39-41-43-45-47-49-55(59)54(53-64-65(61,62)63-52-51-58(3,4)5)57-56(60)50-48-46-44-42-40-38-36-34-25-23-21-19-17-15-13-11-9-7-2/h34,36,54-55,59H,6-33,35,37-53H2,1-5H3,(H-,57,60,61,62)/b36-34-. The Morgan fingerprint density at radius 2 is 0.846 bits per heavy atom. The van der Waals surface area contributed by atoms with E-state index in [1.165, 1.54) is 212 Å². The third kappa shape index (κ3) is 50.9. The van der Waals surface area contributed by atoms with Crippen molar-refractivity contribution in [1.29, 1.82) is 0 Å². The summed E-state index contributed by atoms with van der Waals surface area (Å²) in [5.41, 5.74) is 0. The van der Waals surface area contributed by atoms with Gasteiger partial charge in [-0.25, -0.2) is 0 Å². The first-order valence-electron chi connectivity index (χ1n) is 28.5. The Morgan fingerprint density at radius 3 is 1.20 bits per heavy atom. The van der Waals surface area contributed by atoms with E-state index in [0.717, 1.165) is 51.4 Å². The van der Waals surface area contributed by atoms with Gasteiger partial charge in [0, 0.05) is 6.42 Å². The largest absolute Gasteiger partial charge is 0.756 e. The van der Waals surface area contributed by atoms with Gasteiger partial charge in [-0.15, -0.1) is 0 Å². The highest BCUT2D eigenvalue weighted by atomic mass is 31.2. The van der Waals surface area contributed by atoms with Crippen LogP contribution in [0.4, 0.5) is 0 Å². The number of quaternary nitrogens is 1. The molecule has 9 heteroatoms. The van der Waals surface area contributed by atoms with Crippen LogP contribution in [0.5, 0.6) is 0 Å². The van der Waals surface area contributed by atoms with Gasteiger partial charge in [0.15, 0.2) is 0 Å². The van der Waals surface area contributed by atoms with Crippen molar-refractivity contribution in [2.24, 2.45) is 0 Å². The lowest BCUT2D eigenvalue weighted by molar-refractivity contribution is -0.870. The van der Waals surface area contributed by atoms with Crippen molar-refractivity contribution in [2.75, 3.05) is 40.9 Å². The van der Waals surface area contributed by atoms with Gasteiger partial charge in [0.2, 0.25) is 5.91 Å². The molecule has 1 amide bonds. The Morgan fingerprint density at radius 1 is 0.523 bits per heavy atom. The maximum absolute atomic E-state index is 13.0. The molecule has 0 saturated carbocycles. The summed E-state index contributed by atoms with van der Waals surface area (Å²) < 4.78 is 23.4. The Hall–Kier alpha value is -0.760. The molecular formula is C56H113N2O6P. The summed E-state index contributed by atoms with van der Waals surface area (Å²) in [4.78, 5) is 25.5. The van der Waals surface area contributed by atoms with E-state index in [4.69, 9.17) is 9.05 Å². The van der Waals surface area contributed by atoms with E-state index in [9.17, 15) is 19.4 Å². The number of carbonyl (C=O) groups excluding carboxylic acids is 1. The van der Waals surface area contributed by atoms with Crippen molar-refractivity contribution in [3.8, 4) is 0 Å². The second-order valence-electron chi connectivity index (χ2n) is 21.0. The fraction of sp³-hybridized carbons (Fsp3) is 0.946. The number of amides is 1. The van der Waals surface area contributed by atoms with Crippen molar-refractivity contribution in [1.82, 2.24) is 5.32 Å². The van der Waals surface area contributed by atoms with Crippen LogP contribution in [0.15, 0.2) is 12.2 Å². The summed E-state index contributed by atoms with van der Waals surface area (Å²) in [6, 6.07) is -0.802. The lowest BCUT2D eigenvalue weighted by Crippen LogP contribution is -2.46. The number of rotatable bonds is 53. The predicted molar refractivity (Wildman–Crippen MR) is 279 cm³/mol. The average molecular weight is 942 g/mol. The number of phosphoric ester groups is 1.